The fourth-order valence-electron chi connectivity index (χ4n) is 1.35. The normalized spacial score (nSPS) is 26.7. The summed E-state index contributed by atoms with van der Waals surface area (Å²) in [6.07, 6.45) is 4.34. The summed E-state index contributed by atoms with van der Waals surface area (Å²) in [7, 11) is 0. The van der Waals surface area contributed by atoms with Gasteiger partial charge >= 0.3 is 0 Å². The summed E-state index contributed by atoms with van der Waals surface area (Å²) in [5.74, 6) is 2.15. The molecule has 1 saturated heterocycles. The number of hydrogen-bond donors (Lipinski definition) is 1. The summed E-state index contributed by atoms with van der Waals surface area (Å²) in [6.45, 7) is 5.89. The fourth-order valence-corrected chi connectivity index (χ4v) is 2.59. The van der Waals surface area contributed by atoms with Gasteiger partial charge in [-0.25, -0.2) is 0 Å². The largest absolute Gasteiger partial charge is 0.298 e. The van der Waals surface area contributed by atoms with Crippen LogP contribution in [0.3, 0.4) is 0 Å². The van der Waals surface area contributed by atoms with E-state index >= 15 is 0 Å². The SMILES string of the molecule is CC1CN(C/C=C/CS)CCS1. The minimum Gasteiger partial charge on any atom is -0.298 e. The molecular weight excluding hydrogens is 186 g/mol. The Bertz CT molecular complexity index is 147. The number of thioether (sulfide) groups is 1. The summed E-state index contributed by atoms with van der Waals surface area (Å²) < 4.78 is 0. The van der Waals surface area contributed by atoms with Crippen molar-refractivity contribution in [2.45, 2.75) is 12.2 Å². The first-order chi connectivity index (χ1) is 5.83. The first-order valence-electron chi connectivity index (χ1n) is 4.42. The molecule has 3 heteroatoms. The molecule has 0 bridgehead atoms. The molecule has 1 rings (SSSR count). The average Bonchev–Trinajstić information content (AvgIpc) is 2.05. The van der Waals surface area contributed by atoms with E-state index in [0.29, 0.717) is 0 Å². The van der Waals surface area contributed by atoms with Crippen molar-refractivity contribution in [1.29, 1.82) is 0 Å². The Hall–Kier alpha value is 0.400. The summed E-state index contributed by atoms with van der Waals surface area (Å²) in [5.41, 5.74) is 0. The zero-order valence-electron chi connectivity index (χ0n) is 7.57. The van der Waals surface area contributed by atoms with Gasteiger partial charge in [0.15, 0.2) is 0 Å². The van der Waals surface area contributed by atoms with Crippen LogP contribution in [-0.2, 0) is 0 Å². The highest BCUT2D eigenvalue weighted by molar-refractivity contribution is 7.99. The Morgan fingerprint density at radius 3 is 3.08 bits per heavy atom. The third-order valence-electron chi connectivity index (χ3n) is 1.96. The molecule has 70 valence electrons. The van der Waals surface area contributed by atoms with Gasteiger partial charge in [0.2, 0.25) is 0 Å². The average molecular weight is 203 g/mol. The minimum atomic E-state index is 0.808. The van der Waals surface area contributed by atoms with Crippen molar-refractivity contribution in [1.82, 2.24) is 4.90 Å². The van der Waals surface area contributed by atoms with E-state index < -0.39 is 0 Å². The molecule has 0 saturated carbocycles. The Balaban J connectivity index is 2.18. The van der Waals surface area contributed by atoms with Crippen LogP contribution in [-0.4, -0.2) is 41.3 Å². The van der Waals surface area contributed by atoms with E-state index in [2.05, 4.69) is 48.4 Å². The van der Waals surface area contributed by atoms with E-state index in [1.54, 1.807) is 0 Å². The molecular formula is C9H17NS2. The van der Waals surface area contributed by atoms with Gasteiger partial charge in [0, 0.05) is 36.4 Å². The molecule has 0 N–H and O–H groups in total. The van der Waals surface area contributed by atoms with E-state index in [4.69, 9.17) is 0 Å². The number of thiol groups is 1. The smallest absolute Gasteiger partial charge is 0.0164 e. The lowest BCUT2D eigenvalue weighted by Crippen LogP contribution is -2.36. The molecule has 1 atom stereocenters. The van der Waals surface area contributed by atoms with Gasteiger partial charge in [0.25, 0.3) is 0 Å². The number of nitrogens with zero attached hydrogens (tertiary/aromatic N) is 1. The topological polar surface area (TPSA) is 3.24 Å². The van der Waals surface area contributed by atoms with Gasteiger partial charge in [0.1, 0.15) is 0 Å². The van der Waals surface area contributed by atoms with E-state index in [0.717, 1.165) is 17.5 Å². The predicted molar refractivity (Wildman–Crippen MR) is 61.4 cm³/mol. The molecule has 0 spiro atoms. The van der Waals surface area contributed by atoms with Crippen molar-refractivity contribution in [3.8, 4) is 0 Å². The third kappa shape index (κ3) is 3.87. The zero-order valence-corrected chi connectivity index (χ0v) is 9.28. The van der Waals surface area contributed by atoms with Crippen LogP contribution >= 0.6 is 24.4 Å². The molecule has 0 amide bonds. The first kappa shape index (κ1) is 10.5. The molecule has 1 fully saturated rings. The van der Waals surface area contributed by atoms with Crippen molar-refractivity contribution in [2.24, 2.45) is 0 Å². The fraction of sp³-hybridized carbons (Fsp3) is 0.778. The molecule has 1 aliphatic heterocycles. The highest BCUT2D eigenvalue weighted by Crippen LogP contribution is 2.17. The molecule has 0 aromatic carbocycles. The van der Waals surface area contributed by atoms with Gasteiger partial charge in [-0.3, -0.25) is 4.90 Å². The van der Waals surface area contributed by atoms with Gasteiger partial charge in [-0.15, -0.1) is 0 Å². The van der Waals surface area contributed by atoms with Crippen LogP contribution in [0.4, 0.5) is 0 Å². The second-order valence-corrected chi connectivity index (χ2v) is 5.01. The van der Waals surface area contributed by atoms with Gasteiger partial charge in [-0.05, 0) is 0 Å². The van der Waals surface area contributed by atoms with Crippen LogP contribution in [0, 0.1) is 0 Å². The molecule has 0 aliphatic carbocycles. The number of hydrogen-bond acceptors (Lipinski definition) is 3. The molecule has 1 heterocycles. The maximum atomic E-state index is 4.13. The molecule has 12 heavy (non-hydrogen) atoms. The van der Waals surface area contributed by atoms with Gasteiger partial charge in [0.05, 0.1) is 0 Å². The predicted octanol–water partition coefficient (Wildman–Crippen LogP) is 1.91. The lowest BCUT2D eigenvalue weighted by Gasteiger charge is -2.29. The molecule has 0 aromatic heterocycles. The van der Waals surface area contributed by atoms with Crippen molar-refractivity contribution >= 4 is 24.4 Å². The quantitative estimate of drug-likeness (QED) is 0.551. The maximum Gasteiger partial charge on any atom is 0.0164 e. The molecule has 1 aliphatic rings. The third-order valence-corrected chi connectivity index (χ3v) is 3.31. The Morgan fingerprint density at radius 1 is 1.58 bits per heavy atom. The molecule has 0 radical (unpaired) electrons. The molecule has 1 unspecified atom stereocenters. The first-order valence-corrected chi connectivity index (χ1v) is 6.11. The van der Waals surface area contributed by atoms with Crippen molar-refractivity contribution < 1.29 is 0 Å². The lowest BCUT2D eigenvalue weighted by atomic mass is 10.3. The standard InChI is InChI=1S/C9H17NS2/c1-9-8-10(5-7-12-9)4-2-3-6-11/h2-3,9,11H,4-8H2,1H3/b3-2+. The number of rotatable bonds is 3. The highest BCUT2D eigenvalue weighted by atomic mass is 32.2. The van der Waals surface area contributed by atoms with Gasteiger partial charge in [-0.2, -0.15) is 24.4 Å². The second kappa shape index (κ2) is 5.95. The van der Waals surface area contributed by atoms with E-state index in [-0.39, 0.29) is 0 Å². The van der Waals surface area contributed by atoms with Crippen LogP contribution in [0.2, 0.25) is 0 Å². The van der Waals surface area contributed by atoms with Crippen LogP contribution in [0.15, 0.2) is 12.2 Å². The van der Waals surface area contributed by atoms with Crippen molar-refractivity contribution in [2.75, 3.05) is 31.1 Å². The summed E-state index contributed by atoms with van der Waals surface area (Å²) in [4.78, 5) is 2.50. The summed E-state index contributed by atoms with van der Waals surface area (Å²) in [5, 5.41) is 0.808. The second-order valence-electron chi connectivity index (χ2n) is 3.09. The minimum absolute atomic E-state index is 0.808. The molecule has 0 aromatic rings. The molecule has 1 nitrogen and oxygen atoms in total. The monoisotopic (exact) mass is 203 g/mol. The Kier molecular flexibility index (Phi) is 5.19. The highest BCUT2D eigenvalue weighted by Gasteiger charge is 2.14. The lowest BCUT2D eigenvalue weighted by molar-refractivity contribution is 0.317. The van der Waals surface area contributed by atoms with Crippen LogP contribution in [0.5, 0.6) is 0 Å². The Labute approximate surface area is 85.0 Å². The van der Waals surface area contributed by atoms with Crippen molar-refractivity contribution in [3.05, 3.63) is 12.2 Å². The zero-order chi connectivity index (χ0) is 8.81. The van der Waals surface area contributed by atoms with Crippen LogP contribution in [0.1, 0.15) is 6.92 Å². The van der Waals surface area contributed by atoms with Crippen LogP contribution in [0.25, 0.3) is 0 Å². The van der Waals surface area contributed by atoms with Crippen LogP contribution < -0.4 is 0 Å². The van der Waals surface area contributed by atoms with E-state index in [1.165, 1.54) is 18.8 Å². The van der Waals surface area contributed by atoms with E-state index in [1.807, 2.05) is 0 Å². The maximum absolute atomic E-state index is 4.13. The summed E-state index contributed by atoms with van der Waals surface area (Å²) >= 11 is 6.21. The Morgan fingerprint density at radius 2 is 2.42 bits per heavy atom. The summed E-state index contributed by atoms with van der Waals surface area (Å²) in [6, 6.07) is 0. The van der Waals surface area contributed by atoms with E-state index in [9.17, 15) is 0 Å². The van der Waals surface area contributed by atoms with Gasteiger partial charge in [-0.1, -0.05) is 19.1 Å². The van der Waals surface area contributed by atoms with Gasteiger partial charge < -0.3 is 0 Å². The van der Waals surface area contributed by atoms with Crippen molar-refractivity contribution in [3.63, 3.8) is 0 Å².